The Kier molecular flexibility index (Phi) is 41.3. The Morgan fingerprint density at radius 2 is 0.946 bits per heavy atom. The van der Waals surface area contributed by atoms with Crippen LogP contribution in [0.15, 0.2) is 25.0 Å². The van der Waals surface area contributed by atoms with Crippen LogP contribution in [0.1, 0.15) is 135 Å². The van der Waals surface area contributed by atoms with Crippen molar-refractivity contribution in [3.63, 3.8) is 0 Å². The number of hydrogen-bond acceptors (Lipinski definition) is 25. The van der Waals surface area contributed by atoms with Crippen LogP contribution in [0.3, 0.4) is 0 Å². The molecule has 2 aromatic rings. The van der Waals surface area contributed by atoms with E-state index in [1.807, 2.05) is 10.6 Å². The number of aliphatic carboxylic acids is 3. The number of amides is 16. The minimum absolute atomic E-state index is 0.0152. The van der Waals surface area contributed by atoms with E-state index in [-0.39, 0.29) is 50.2 Å². The van der Waals surface area contributed by atoms with E-state index in [2.05, 4.69) is 98.4 Å². The summed E-state index contributed by atoms with van der Waals surface area (Å²) in [7, 11) is 0. The number of carboxylic acid groups (broad SMARTS) is 3. The number of thiol groups is 2. The maximum Gasteiger partial charge on any atom is 0.326 e. The van der Waals surface area contributed by atoms with Crippen molar-refractivity contribution in [1.82, 2.24) is 88.6 Å². The molecule has 16 amide bonds. The molecule has 0 radical (unpaired) electrons. The van der Waals surface area contributed by atoms with Gasteiger partial charge in [0.15, 0.2) is 0 Å². The van der Waals surface area contributed by atoms with E-state index in [0.29, 0.717) is 31.4 Å². The van der Waals surface area contributed by atoms with Crippen molar-refractivity contribution < 1.29 is 106 Å². The molecule has 2 aromatic heterocycles. The molecule has 27 N–H and O–H groups in total. The number of imidazole rings is 2. The molecule has 1 aliphatic rings. The quantitative estimate of drug-likeness (QED) is 0.0216. The van der Waals surface area contributed by atoms with Gasteiger partial charge < -0.3 is 123 Å². The standard InChI is InChI=1S/C66H104N22O22S2/c1-5-31(3)52(86-54(97)35(68)27-111)63(106)79-38(10-7-8-18-67)65(108)88-19-9-11-45(88)62(105)84-40(20-33-24-72-29-75-33)57(100)78-36(12-15-46(69)89)55(98)74-26-49(92)77-37(13-16-47(70)90)56(99)81-41(21-34-25-73-30-76-34)60(103)87-53(32(4)6-2)64(107)85-44(28-112)61(104)82-42(22-48(71)91)58(101)83-43(23-51(95)96)59(102)80-39(66(109)110)14-17-50(93)94/h24-25,29-32,35-45,52-53,111-112H,5-23,26-28,67-68H2,1-4H3,(H2,69,89)(H2,70,90)(H2,71,91)(H,72,75)(H,73,76)(H,74,98)(H,77,92)(H,78,100)(H,79,106)(H,80,102)(H,81,99)(H,82,104)(H,83,101)(H,84,105)(H,85,107)(H,86,97)(H,87,103)(H,93,94)(H,95,96)(H,109,110)/t31-,32-,35-,36-,37-,38-,39-,40-,41-,42-,43-,44-,45-,52-,53-/m0/s1. The molecular weight excluding hydrogens is 1520 g/mol. The van der Waals surface area contributed by atoms with Gasteiger partial charge in [-0.25, -0.2) is 14.8 Å². The number of aromatic amines is 2. The number of nitrogens with one attached hydrogen (secondary N) is 14. The number of rotatable bonds is 53. The van der Waals surface area contributed by atoms with Crippen molar-refractivity contribution in [3.05, 3.63) is 36.4 Å². The molecule has 0 aliphatic carbocycles. The van der Waals surface area contributed by atoms with Crippen molar-refractivity contribution >= 4 is 138 Å². The highest BCUT2D eigenvalue weighted by Gasteiger charge is 2.42. The Morgan fingerprint density at radius 1 is 0.500 bits per heavy atom. The van der Waals surface area contributed by atoms with Gasteiger partial charge in [-0.05, 0) is 69.7 Å². The Balaban J connectivity index is 1.88. The number of nitrogens with two attached hydrogens (primary N) is 5. The third kappa shape index (κ3) is 32.9. The van der Waals surface area contributed by atoms with Gasteiger partial charge in [0.2, 0.25) is 94.5 Å². The zero-order valence-electron chi connectivity index (χ0n) is 62.2. The van der Waals surface area contributed by atoms with Crippen LogP contribution in [0.2, 0.25) is 0 Å². The lowest BCUT2D eigenvalue weighted by molar-refractivity contribution is -0.144. The summed E-state index contributed by atoms with van der Waals surface area (Å²) >= 11 is 8.23. The maximum absolute atomic E-state index is 14.5. The maximum atomic E-state index is 14.5. The first-order chi connectivity index (χ1) is 52.9. The van der Waals surface area contributed by atoms with Crippen LogP contribution in [-0.2, 0) is 104 Å². The molecule has 46 heteroatoms. The normalized spacial score (nSPS) is 16.2. The van der Waals surface area contributed by atoms with E-state index in [4.69, 9.17) is 33.8 Å². The Labute approximate surface area is 653 Å². The summed E-state index contributed by atoms with van der Waals surface area (Å²) in [6, 6.07) is -20.5. The summed E-state index contributed by atoms with van der Waals surface area (Å²) in [6.45, 7) is 6.01. The van der Waals surface area contributed by atoms with Gasteiger partial charge in [0, 0.05) is 73.9 Å². The smallest absolute Gasteiger partial charge is 0.326 e. The Bertz CT molecular complexity index is 3610. The molecule has 3 heterocycles. The second-order valence-corrected chi connectivity index (χ2v) is 27.4. The number of aromatic nitrogens is 4. The number of nitrogens with zero attached hydrogens (tertiary/aromatic N) is 3. The minimum Gasteiger partial charge on any atom is -0.481 e. The zero-order valence-corrected chi connectivity index (χ0v) is 64.0. The average Bonchev–Trinajstić information content (AvgIpc) is 1.64. The largest absolute Gasteiger partial charge is 0.481 e. The molecule has 0 spiro atoms. The second kappa shape index (κ2) is 48.6. The van der Waals surface area contributed by atoms with Crippen LogP contribution in [0.25, 0.3) is 0 Å². The minimum atomic E-state index is -2.09. The van der Waals surface area contributed by atoms with Crippen LogP contribution in [0, 0.1) is 11.8 Å². The van der Waals surface area contributed by atoms with E-state index in [9.17, 15) is 101 Å². The van der Waals surface area contributed by atoms with Crippen molar-refractivity contribution in [2.75, 3.05) is 31.1 Å². The third-order valence-electron chi connectivity index (χ3n) is 17.9. The van der Waals surface area contributed by atoms with Crippen LogP contribution < -0.4 is 92.5 Å². The van der Waals surface area contributed by atoms with E-state index in [1.165, 1.54) is 36.9 Å². The molecule has 0 bridgehead atoms. The number of primary amides is 3. The monoisotopic (exact) mass is 1620 g/mol. The first-order valence-corrected chi connectivity index (χ1v) is 37.2. The molecule has 0 unspecified atom stereocenters. The molecule has 15 atom stereocenters. The predicted molar refractivity (Wildman–Crippen MR) is 398 cm³/mol. The predicted octanol–water partition coefficient (Wildman–Crippen LogP) is -8.40. The number of hydrogen-bond donors (Lipinski definition) is 24. The van der Waals surface area contributed by atoms with Crippen molar-refractivity contribution in [2.24, 2.45) is 40.5 Å². The molecule has 1 aliphatic heterocycles. The molecule has 0 saturated carbocycles. The number of H-pyrrole nitrogens is 2. The van der Waals surface area contributed by atoms with E-state index >= 15 is 0 Å². The Hall–Kier alpha value is -11.0. The topological polar surface area (TPSA) is 720 Å². The fraction of sp³-hybridized carbons (Fsp3) is 0.621. The summed E-state index contributed by atoms with van der Waals surface area (Å²) < 4.78 is 0. The summed E-state index contributed by atoms with van der Waals surface area (Å²) in [5.41, 5.74) is 28.5. The first-order valence-electron chi connectivity index (χ1n) is 35.9. The average molecular weight is 1620 g/mol. The van der Waals surface area contributed by atoms with Crippen LogP contribution in [0.4, 0.5) is 0 Å². The fourth-order valence-electron chi connectivity index (χ4n) is 11.2. The lowest BCUT2D eigenvalue weighted by Crippen LogP contribution is -2.62. The van der Waals surface area contributed by atoms with E-state index in [1.54, 1.807) is 20.8 Å². The molecule has 3 rings (SSSR count). The van der Waals surface area contributed by atoms with Gasteiger partial charge in [-0.3, -0.25) is 86.3 Å². The van der Waals surface area contributed by atoms with Crippen LogP contribution >= 0.6 is 25.3 Å². The van der Waals surface area contributed by atoms with E-state index in [0.717, 1.165) is 0 Å². The highest BCUT2D eigenvalue weighted by Crippen LogP contribution is 2.22. The van der Waals surface area contributed by atoms with Crippen LogP contribution in [0.5, 0.6) is 0 Å². The third-order valence-corrected chi connectivity index (χ3v) is 18.7. The number of carboxylic acids is 3. The molecule has 622 valence electrons. The SMILES string of the molecule is CC[C@H](C)[C@H](NC(=O)[C@H](Cc1cnc[nH]1)NC(=O)[C@H](CCC(N)=O)NC(=O)CNC(=O)[C@H](CCC(N)=O)NC(=O)[C@H](Cc1cnc[nH]1)NC(=O)[C@@H]1CCCN1C(=O)[C@H](CCCCN)NC(=O)[C@@H](NC(=O)[C@@H](N)CS)[C@@H](C)CC)C(=O)N[C@@H](CS)C(=O)N[C@@H](CC(N)=O)C(=O)N[C@@H](CC(=O)O)C(=O)N[C@@H](CCC(=O)O)C(=O)O. The lowest BCUT2D eigenvalue weighted by atomic mass is 9.97. The Morgan fingerprint density at radius 3 is 1.42 bits per heavy atom. The lowest BCUT2D eigenvalue weighted by Gasteiger charge is -2.32. The molecule has 0 aromatic carbocycles. The highest BCUT2D eigenvalue weighted by molar-refractivity contribution is 7.80. The van der Waals surface area contributed by atoms with Gasteiger partial charge in [0.1, 0.15) is 72.5 Å². The fourth-order valence-corrected chi connectivity index (χ4v) is 11.6. The molecule has 44 nitrogen and oxygen atoms in total. The van der Waals surface area contributed by atoms with Gasteiger partial charge in [0.25, 0.3) is 0 Å². The molecule has 1 saturated heterocycles. The number of carbonyl (C=O) groups excluding carboxylic acids is 16. The van der Waals surface area contributed by atoms with Gasteiger partial charge in [-0.15, -0.1) is 0 Å². The zero-order chi connectivity index (χ0) is 84.1. The number of carbonyl (C=O) groups is 19. The molecule has 112 heavy (non-hydrogen) atoms. The second-order valence-electron chi connectivity index (χ2n) is 26.6. The number of unbranched alkanes of at least 4 members (excludes halogenated alkanes) is 1. The summed E-state index contributed by atoms with van der Waals surface area (Å²) in [6.07, 6.45) is 0.703. The highest BCUT2D eigenvalue weighted by atomic mass is 32.1. The van der Waals surface area contributed by atoms with Gasteiger partial charge in [-0.2, -0.15) is 25.3 Å². The molecule has 1 fully saturated rings. The first kappa shape index (κ1) is 95.2. The summed E-state index contributed by atoms with van der Waals surface area (Å²) in [5.74, 6) is -23.1. The van der Waals surface area contributed by atoms with Crippen molar-refractivity contribution in [1.29, 1.82) is 0 Å². The van der Waals surface area contributed by atoms with Gasteiger partial charge >= 0.3 is 17.9 Å². The molecular formula is C66H104N22O22S2. The summed E-state index contributed by atoms with van der Waals surface area (Å²) in [5, 5.41) is 56.7. The van der Waals surface area contributed by atoms with Gasteiger partial charge in [0.05, 0.1) is 38.1 Å². The summed E-state index contributed by atoms with van der Waals surface area (Å²) in [4.78, 5) is 268. The van der Waals surface area contributed by atoms with Crippen LogP contribution in [-0.4, -0.2) is 262 Å². The van der Waals surface area contributed by atoms with Crippen molar-refractivity contribution in [3.8, 4) is 0 Å². The van der Waals surface area contributed by atoms with Gasteiger partial charge in [-0.1, -0.05) is 40.5 Å². The number of likely N-dealkylation sites (tertiary alicyclic amines) is 1. The van der Waals surface area contributed by atoms with Crippen molar-refractivity contribution in [2.45, 2.75) is 215 Å². The van der Waals surface area contributed by atoms with E-state index < -0.39 is 273 Å².